The molecule has 7 nitrogen and oxygen atoms in total. The van der Waals surface area contributed by atoms with E-state index in [0.717, 1.165) is 18.6 Å². The van der Waals surface area contributed by atoms with Crippen molar-refractivity contribution in [1.29, 1.82) is 0 Å². The number of nitrogens with one attached hydrogen (secondary N) is 1. The minimum atomic E-state index is -0.00103. The number of piperidine rings is 1. The number of rotatable bonds is 5. The van der Waals surface area contributed by atoms with Gasteiger partial charge in [-0.2, -0.15) is 0 Å². The lowest BCUT2D eigenvalue weighted by Crippen LogP contribution is -2.52. The van der Waals surface area contributed by atoms with E-state index < -0.39 is 0 Å². The Morgan fingerprint density at radius 1 is 1.04 bits per heavy atom. The Balaban J connectivity index is 1.33. The van der Waals surface area contributed by atoms with Gasteiger partial charge in [-0.25, -0.2) is 4.79 Å². The largest absolute Gasteiger partial charge is 0.493 e. The molecule has 1 N–H and O–H groups in total. The Bertz CT molecular complexity index is 582. The Labute approximate surface area is 154 Å². The molecule has 0 unspecified atom stereocenters. The third-order valence-electron chi connectivity index (χ3n) is 4.75. The zero-order valence-corrected chi connectivity index (χ0v) is 15.1. The Hall–Kier alpha value is -2.28. The summed E-state index contributed by atoms with van der Waals surface area (Å²) in [5.74, 6) is 0.772. The summed E-state index contributed by atoms with van der Waals surface area (Å²) in [6, 6.07) is 9.71. The molecular formula is C19H27N3O4. The summed E-state index contributed by atoms with van der Waals surface area (Å²) in [6.07, 6.45) is 1.92. The second-order valence-corrected chi connectivity index (χ2v) is 6.62. The van der Waals surface area contributed by atoms with E-state index in [4.69, 9.17) is 9.47 Å². The van der Waals surface area contributed by atoms with Gasteiger partial charge in [0.05, 0.1) is 26.2 Å². The second kappa shape index (κ2) is 9.43. The molecule has 2 heterocycles. The molecule has 0 spiro atoms. The number of likely N-dealkylation sites (tertiary alicyclic amines) is 1. The van der Waals surface area contributed by atoms with Gasteiger partial charge in [-0.05, 0) is 25.0 Å². The van der Waals surface area contributed by atoms with Crippen LogP contribution in [0.4, 0.5) is 4.79 Å². The van der Waals surface area contributed by atoms with Crippen molar-refractivity contribution in [2.24, 2.45) is 0 Å². The number of carbonyl (C=O) groups is 2. The maximum Gasteiger partial charge on any atom is 0.320 e. The second-order valence-electron chi connectivity index (χ2n) is 6.62. The number of ether oxygens (including phenoxy) is 2. The summed E-state index contributed by atoms with van der Waals surface area (Å²) in [5.41, 5.74) is 0. The molecule has 2 aliphatic rings. The third kappa shape index (κ3) is 5.36. The Morgan fingerprint density at radius 3 is 2.38 bits per heavy atom. The van der Waals surface area contributed by atoms with Gasteiger partial charge in [0.2, 0.25) is 5.91 Å². The molecule has 7 heteroatoms. The first-order valence-corrected chi connectivity index (χ1v) is 9.31. The highest BCUT2D eigenvalue weighted by atomic mass is 16.5. The van der Waals surface area contributed by atoms with Gasteiger partial charge >= 0.3 is 6.03 Å². The molecule has 0 atom stereocenters. The van der Waals surface area contributed by atoms with Gasteiger partial charge in [-0.1, -0.05) is 18.2 Å². The fraction of sp³-hybridized carbons (Fsp3) is 0.579. The summed E-state index contributed by atoms with van der Waals surface area (Å²) in [5, 5.41) is 3.05. The van der Waals surface area contributed by atoms with Gasteiger partial charge < -0.3 is 24.6 Å². The highest BCUT2D eigenvalue weighted by Gasteiger charge is 2.27. The fourth-order valence-corrected chi connectivity index (χ4v) is 3.25. The minimum absolute atomic E-state index is 0.00103. The quantitative estimate of drug-likeness (QED) is 0.863. The summed E-state index contributed by atoms with van der Waals surface area (Å²) in [6.45, 7) is 4.29. The van der Waals surface area contributed by atoms with E-state index in [1.165, 1.54) is 0 Å². The van der Waals surface area contributed by atoms with Crippen molar-refractivity contribution in [2.75, 3.05) is 46.0 Å². The fourth-order valence-electron chi connectivity index (χ4n) is 3.25. The first-order valence-electron chi connectivity index (χ1n) is 9.31. The lowest BCUT2D eigenvalue weighted by Gasteiger charge is -2.37. The number of nitrogens with zero attached hydrogens (tertiary/aromatic N) is 2. The molecule has 2 aliphatic heterocycles. The number of amides is 3. The van der Waals surface area contributed by atoms with Gasteiger partial charge in [0.15, 0.2) is 0 Å². The summed E-state index contributed by atoms with van der Waals surface area (Å²) in [4.78, 5) is 28.3. The maximum atomic E-state index is 12.5. The Kier molecular flexibility index (Phi) is 6.71. The Morgan fingerprint density at radius 2 is 1.69 bits per heavy atom. The number of hydrogen-bond acceptors (Lipinski definition) is 4. The van der Waals surface area contributed by atoms with Crippen LogP contribution in [0.15, 0.2) is 30.3 Å². The van der Waals surface area contributed by atoms with Crippen molar-refractivity contribution in [3.63, 3.8) is 0 Å². The highest BCUT2D eigenvalue weighted by Crippen LogP contribution is 2.14. The van der Waals surface area contributed by atoms with Gasteiger partial charge in [0.25, 0.3) is 0 Å². The lowest BCUT2D eigenvalue weighted by molar-refractivity contribution is -0.122. The van der Waals surface area contributed by atoms with Crippen LogP contribution >= 0.6 is 0 Å². The van der Waals surface area contributed by atoms with Crippen LogP contribution in [0.3, 0.4) is 0 Å². The molecule has 0 aromatic heterocycles. The van der Waals surface area contributed by atoms with Crippen molar-refractivity contribution in [3.05, 3.63) is 30.3 Å². The lowest BCUT2D eigenvalue weighted by atomic mass is 10.1. The molecule has 2 fully saturated rings. The molecule has 1 aromatic carbocycles. The predicted octanol–water partition coefficient (Wildman–Crippen LogP) is 1.49. The van der Waals surface area contributed by atoms with E-state index in [0.29, 0.717) is 52.4 Å². The third-order valence-corrected chi connectivity index (χ3v) is 4.75. The summed E-state index contributed by atoms with van der Waals surface area (Å²) < 4.78 is 10.8. The molecule has 26 heavy (non-hydrogen) atoms. The molecule has 142 valence electrons. The number of benzene rings is 1. The zero-order valence-electron chi connectivity index (χ0n) is 15.1. The summed E-state index contributed by atoms with van der Waals surface area (Å²) >= 11 is 0. The number of hydrogen-bond donors (Lipinski definition) is 1. The number of urea groups is 1. The average Bonchev–Trinajstić information content (AvgIpc) is 2.69. The van der Waals surface area contributed by atoms with Crippen LogP contribution in [0.1, 0.15) is 19.3 Å². The zero-order chi connectivity index (χ0) is 18.2. The highest BCUT2D eigenvalue weighted by molar-refractivity contribution is 5.77. The van der Waals surface area contributed by atoms with E-state index in [9.17, 15) is 9.59 Å². The average molecular weight is 361 g/mol. The molecule has 0 saturated carbocycles. The summed E-state index contributed by atoms with van der Waals surface area (Å²) in [7, 11) is 0. The minimum Gasteiger partial charge on any atom is -0.493 e. The predicted molar refractivity (Wildman–Crippen MR) is 97.1 cm³/mol. The van der Waals surface area contributed by atoms with E-state index >= 15 is 0 Å². The van der Waals surface area contributed by atoms with Crippen molar-refractivity contribution in [1.82, 2.24) is 15.1 Å². The van der Waals surface area contributed by atoms with Crippen LogP contribution in [0.2, 0.25) is 0 Å². The van der Waals surface area contributed by atoms with Crippen molar-refractivity contribution in [2.45, 2.75) is 25.3 Å². The number of morpholine rings is 1. The molecule has 3 amide bonds. The normalized spacial score (nSPS) is 18.5. The van der Waals surface area contributed by atoms with Gasteiger partial charge in [-0.15, -0.1) is 0 Å². The van der Waals surface area contributed by atoms with E-state index in [1.807, 2.05) is 40.1 Å². The standard InChI is InChI=1S/C19H27N3O4/c23-18(8-13-26-17-4-2-1-3-5-17)20-16-6-9-21(10-7-16)19(24)22-11-14-25-15-12-22/h1-5,16H,6-15H2,(H,20,23). The molecule has 3 rings (SSSR count). The van der Waals surface area contributed by atoms with Gasteiger partial charge in [-0.3, -0.25) is 4.79 Å². The smallest absolute Gasteiger partial charge is 0.320 e. The molecule has 1 aromatic rings. The van der Waals surface area contributed by atoms with E-state index in [2.05, 4.69) is 5.32 Å². The molecule has 0 bridgehead atoms. The van der Waals surface area contributed by atoms with Gasteiger partial charge in [0.1, 0.15) is 5.75 Å². The van der Waals surface area contributed by atoms with Crippen molar-refractivity contribution < 1.29 is 19.1 Å². The topological polar surface area (TPSA) is 71.1 Å². The van der Waals surface area contributed by atoms with E-state index in [-0.39, 0.29) is 18.0 Å². The first-order chi connectivity index (χ1) is 12.7. The molecule has 0 radical (unpaired) electrons. The van der Waals surface area contributed by atoms with Gasteiger partial charge in [0, 0.05) is 32.2 Å². The molecular weight excluding hydrogens is 334 g/mol. The monoisotopic (exact) mass is 361 g/mol. The SMILES string of the molecule is O=C(CCOc1ccccc1)NC1CCN(C(=O)N2CCOCC2)CC1. The van der Waals surface area contributed by atoms with Crippen LogP contribution < -0.4 is 10.1 Å². The van der Waals surface area contributed by atoms with Crippen molar-refractivity contribution in [3.8, 4) is 5.75 Å². The van der Waals surface area contributed by atoms with Crippen LogP contribution in [0.25, 0.3) is 0 Å². The number of carbonyl (C=O) groups excluding carboxylic acids is 2. The molecule has 2 saturated heterocycles. The van der Waals surface area contributed by atoms with Crippen LogP contribution in [-0.2, 0) is 9.53 Å². The first kappa shape index (κ1) is 18.5. The maximum absolute atomic E-state index is 12.5. The number of para-hydroxylation sites is 1. The van der Waals surface area contributed by atoms with Crippen LogP contribution in [-0.4, -0.2) is 73.8 Å². The molecule has 0 aliphatic carbocycles. The van der Waals surface area contributed by atoms with Crippen LogP contribution in [0.5, 0.6) is 5.75 Å². The van der Waals surface area contributed by atoms with Crippen molar-refractivity contribution >= 4 is 11.9 Å². The van der Waals surface area contributed by atoms with E-state index in [1.54, 1.807) is 0 Å². The van der Waals surface area contributed by atoms with Crippen LogP contribution in [0, 0.1) is 0 Å².